The van der Waals surface area contributed by atoms with Crippen molar-refractivity contribution in [3.8, 4) is 6.07 Å². The Labute approximate surface area is 135 Å². The van der Waals surface area contributed by atoms with Crippen LogP contribution in [0.15, 0.2) is 47.4 Å². The van der Waals surface area contributed by atoms with Crippen LogP contribution in [0.5, 0.6) is 0 Å². The number of thioether (sulfide) groups is 1. The van der Waals surface area contributed by atoms with Crippen LogP contribution in [0.2, 0.25) is 0 Å². The maximum absolute atomic E-state index is 12.8. The van der Waals surface area contributed by atoms with Gasteiger partial charge in [0.05, 0.1) is 21.9 Å². The van der Waals surface area contributed by atoms with E-state index in [-0.39, 0.29) is 34.4 Å². The summed E-state index contributed by atoms with van der Waals surface area (Å²) in [4.78, 5) is 22.7. The molecule has 2 aromatic carbocycles. The summed E-state index contributed by atoms with van der Waals surface area (Å²) in [5, 5.41) is 22.2. The Morgan fingerprint density at radius 2 is 2.00 bits per heavy atom. The number of nitrogens with zero attached hydrogens (tertiary/aromatic N) is 2. The Balaban J connectivity index is 2.01. The number of benzene rings is 2. The summed E-state index contributed by atoms with van der Waals surface area (Å²) in [5.74, 6) is -0.666. The van der Waals surface area contributed by atoms with Crippen LogP contribution in [0.25, 0.3) is 0 Å². The van der Waals surface area contributed by atoms with Crippen LogP contribution in [0, 0.1) is 27.3 Å². The van der Waals surface area contributed by atoms with Crippen molar-refractivity contribution in [3.63, 3.8) is 0 Å². The lowest BCUT2D eigenvalue weighted by molar-refractivity contribution is -0.384. The van der Waals surface area contributed by atoms with Gasteiger partial charge in [0.15, 0.2) is 0 Å². The van der Waals surface area contributed by atoms with Crippen LogP contribution in [0.4, 0.5) is 15.8 Å². The molecule has 0 spiro atoms. The van der Waals surface area contributed by atoms with Gasteiger partial charge in [-0.25, -0.2) is 4.39 Å². The number of nitriles is 1. The minimum Gasteiger partial charge on any atom is -0.324 e. The summed E-state index contributed by atoms with van der Waals surface area (Å²) in [6.07, 6.45) is 0. The fourth-order valence-corrected chi connectivity index (χ4v) is 2.41. The zero-order valence-corrected chi connectivity index (χ0v) is 12.5. The first-order chi connectivity index (χ1) is 11.0. The van der Waals surface area contributed by atoms with Gasteiger partial charge in [-0.05, 0) is 30.3 Å². The number of anilines is 1. The number of hydrogen-bond acceptors (Lipinski definition) is 5. The van der Waals surface area contributed by atoms with E-state index in [0.717, 1.165) is 11.0 Å². The summed E-state index contributed by atoms with van der Waals surface area (Å²) < 4.78 is 12.8. The first kappa shape index (κ1) is 16.5. The second-order valence-corrected chi connectivity index (χ2v) is 5.44. The van der Waals surface area contributed by atoms with Gasteiger partial charge >= 0.3 is 0 Å². The molecule has 6 nitrogen and oxygen atoms in total. The molecule has 2 aromatic rings. The fraction of sp³-hybridized carbons (Fsp3) is 0.0667. The third kappa shape index (κ3) is 4.52. The molecule has 0 unspecified atom stereocenters. The van der Waals surface area contributed by atoms with Crippen molar-refractivity contribution < 1.29 is 14.1 Å². The fourth-order valence-electron chi connectivity index (χ4n) is 1.71. The Bertz CT molecular complexity index is 788. The van der Waals surface area contributed by atoms with E-state index in [1.54, 1.807) is 12.1 Å². The molecule has 1 amide bonds. The summed E-state index contributed by atoms with van der Waals surface area (Å²) in [5.41, 5.74) is 0.00220. The van der Waals surface area contributed by atoms with Crippen molar-refractivity contribution in [1.29, 1.82) is 5.26 Å². The van der Waals surface area contributed by atoms with Crippen LogP contribution in [-0.4, -0.2) is 16.6 Å². The molecule has 0 aromatic heterocycles. The molecule has 2 rings (SSSR count). The number of carbonyl (C=O) groups is 1. The van der Waals surface area contributed by atoms with Crippen molar-refractivity contribution in [1.82, 2.24) is 0 Å². The number of nitro groups is 1. The Morgan fingerprint density at radius 1 is 1.30 bits per heavy atom. The molecule has 0 fully saturated rings. The second-order valence-electron chi connectivity index (χ2n) is 4.39. The highest BCUT2D eigenvalue weighted by Crippen LogP contribution is 2.23. The number of carbonyl (C=O) groups excluding carboxylic acids is 1. The maximum Gasteiger partial charge on any atom is 0.270 e. The standard InChI is InChI=1S/C15H10FN3O3S/c16-11-1-4-13(5-2-11)23-9-15(20)18-14-6-3-12(19(21)22)7-10(14)8-17/h1-7H,9H2,(H,18,20). The van der Waals surface area contributed by atoms with Gasteiger partial charge in [-0.3, -0.25) is 14.9 Å². The lowest BCUT2D eigenvalue weighted by Crippen LogP contribution is -2.15. The molecule has 0 aliphatic heterocycles. The molecule has 0 atom stereocenters. The van der Waals surface area contributed by atoms with E-state index < -0.39 is 4.92 Å². The highest BCUT2D eigenvalue weighted by atomic mass is 32.2. The minimum absolute atomic E-state index is 0.0133. The molecule has 0 saturated heterocycles. The highest BCUT2D eigenvalue weighted by molar-refractivity contribution is 8.00. The Kier molecular flexibility index (Phi) is 5.28. The van der Waals surface area contributed by atoms with Gasteiger partial charge in [-0.2, -0.15) is 5.26 Å². The van der Waals surface area contributed by atoms with Gasteiger partial charge in [-0.1, -0.05) is 0 Å². The van der Waals surface area contributed by atoms with Crippen LogP contribution in [0.1, 0.15) is 5.56 Å². The van der Waals surface area contributed by atoms with Crippen molar-refractivity contribution in [2.45, 2.75) is 4.90 Å². The van der Waals surface area contributed by atoms with E-state index in [1.807, 2.05) is 6.07 Å². The minimum atomic E-state index is -0.614. The summed E-state index contributed by atoms with van der Waals surface area (Å²) >= 11 is 1.21. The quantitative estimate of drug-likeness (QED) is 0.515. The van der Waals surface area contributed by atoms with Crippen molar-refractivity contribution in [2.75, 3.05) is 11.1 Å². The van der Waals surface area contributed by atoms with Crippen LogP contribution in [-0.2, 0) is 4.79 Å². The van der Waals surface area contributed by atoms with Gasteiger partial charge in [0, 0.05) is 17.0 Å². The zero-order valence-electron chi connectivity index (χ0n) is 11.7. The van der Waals surface area contributed by atoms with Crippen molar-refractivity contribution in [3.05, 3.63) is 64.0 Å². The second kappa shape index (κ2) is 7.38. The molecular weight excluding hydrogens is 321 g/mol. The topological polar surface area (TPSA) is 96.0 Å². The Morgan fingerprint density at radius 3 is 2.61 bits per heavy atom. The number of nitro benzene ring substituents is 1. The van der Waals surface area contributed by atoms with Gasteiger partial charge in [0.1, 0.15) is 11.9 Å². The third-order valence-corrected chi connectivity index (χ3v) is 3.80. The summed E-state index contributed by atoms with van der Waals surface area (Å²) in [7, 11) is 0. The van der Waals surface area contributed by atoms with Crippen molar-refractivity contribution >= 4 is 29.0 Å². The van der Waals surface area contributed by atoms with E-state index in [4.69, 9.17) is 5.26 Å². The molecular formula is C15H10FN3O3S. The molecule has 116 valence electrons. The number of hydrogen-bond donors (Lipinski definition) is 1. The first-order valence-electron chi connectivity index (χ1n) is 6.36. The predicted octanol–water partition coefficient (Wildman–Crippen LogP) is 3.34. The molecule has 23 heavy (non-hydrogen) atoms. The number of rotatable bonds is 5. The lowest BCUT2D eigenvalue weighted by Gasteiger charge is -2.07. The van der Waals surface area contributed by atoms with E-state index in [1.165, 1.54) is 36.0 Å². The van der Waals surface area contributed by atoms with Gasteiger partial charge in [0.25, 0.3) is 5.69 Å². The molecule has 8 heteroatoms. The number of nitrogens with one attached hydrogen (secondary N) is 1. The van der Waals surface area contributed by atoms with E-state index in [9.17, 15) is 19.3 Å². The van der Waals surface area contributed by atoms with Crippen LogP contribution >= 0.6 is 11.8 Å². The molecule has 0 aliphatic rings. The average Bonchev–Trinajstić information content (AvgIpc) is 2.54. The number of halogens is 1. The van der Waals surface area contributed by atoms with E-state index in [0.29, 0.717) is 0 Å². The van der Waals surface area contributed by atoms with Crippen molar-refractivity contribution in [2.24, 2.45) is 0 Å². The average molecular weight is 331 g/mol. The zero-order chi connectivity index (χ0) is 16.8. The highest BCUT2D eigenvalue weighted by Gasteiger charge is 2.12. The molecule has 0 aliphatic carbocycles. The molecule has 0 radical (unpaired) electrons. The largest absolute Gasteiger partial charge is 0.324 e. The van der Waals surface area contributed by atoms with Crippen LogP contribution < -0.4 is 5.32 Å². The van der Waals surface area contributed by atoms with E-state index in [2.05, 4.69) is 5.32 Å². The molecule has 0 heterocycles. The third-order valence-electron chi connectivity index (χ3n) is 2.79. The van der Waals surface area contributed by atoms with Gasteiger partial charge in [-0.15, -0.1) is 11.8 Å². The normalized spacial score (nSPS) is 9.91. The lowest BCUT2D eigenvalue weighted by atomic mass is 10.1. The SMILES string of the molecule is N#Cc1cc([N+](=O)[O-])ccc1NC(=O)CSc1ccc(F)cc1. The number of non-ortho nitro benzene ring substituents is 1. The monoisotopic (exact) mass is 331 g/mol. The van der Waals surface area contributed by atoms with E-state index >= 15 is 0 Å². The predicted molar refractivity (Wildman–Crippen MR) is 83.6 cm³/mol. The smallest absolute Gasteiger partial charge is 0.270 e. The summed E-state index contributed by atoms with van der Waals surface area (Å²) in [6.45, 7) is 0. The summed E-state index contributed by atoms with van der Waals surface area (Å²) in [6, 6.07) is 11.1. The van der Waals surface area contributed by atoms with Gasteiger partial charge in [0.2, 0.25) is 5.91 Å². The molecule has 0 bridgehead atoms. The molecule has 1 N–H and O–H groups in total. The number of amides is 1. The van der Waals surface area contributed by atoms with Gasteiger partial charge < -0.3 is 5.32 Å². The van der Waals surface area contributed by atoms with Crippen LogP contribution in [0.3, 0.4) is 0 Å². The Hall–Kier alpha value is -2.92. The molecule has 0 saturated carbocycles. The maximum atomic E-state index is 12.8. The first-order valence-corrected chi connectivity index (χ1v) is 7.35.